The van der Waals surface area contributed by atoms with Gasteiger partial charge in [-0.2, -0.15) is 8.78 Å². The number of halogens is 2. The van der Waals surface area contributed by atoms with E-state index in [0.29, 0.717) is 0 Å². The molecule has 9 heteroatoms. The minimum atomic E-state index is -3.17. The number of rotatable bonds is 8. The number of para-hydroxylation sites is 1. The molecule has 2 N–H and O–H groups in total. The number of carboxylic acid groups (broad SMARTS) is 1. The van der Waals surface area contributed by atoms with Crippen LogP contribution in [0.1, 0.15) is 10.4 Å². The monoisotopic (exact) mass is 319 g/mol. The Morgan fingerprint density at radius 1 is 1.32 bits per heavy atom. The molecule has 0 spiro atoms. The van der Waals surface area contributed by atoms with Crippen molar-refractivity contribution in [3.63, 3.8) is 0 Å². The van der Waals surface area contributed by atoms with Crippen LogP contribution in [-0.4, -0.2) is 50.5 Å². The van der Waals surface area contributed by atoms with Gasteiger partial charge in [0.1, 0.15) is 0 Å². The summed E-state index contributed by atoms with van der Waals surface area (Å²) >= 11 is 0. The number of carbonyl (C=O) groups is 2. The Balaban J connectivity index is 3.08. The van der Waals surface area contributed by atoms with Crippen molar-refractivity contribution in [2.45, 2.75) is 12.7 Å². The number of carboxylic acids is 1. The van der Waals surface area contributed by atoms with Gasteiger partial charge in [-0.1, -0.05) is 6.07 Å². The fourth-order valence-electron chi connectivity index (χ4n) is 1.64. The number of amides is 1. The number of aliphatic carboxylic acids is 1. The van der Waals surface area contributed by atoms with Gasteiger partial charge in [-0.3, -0.25) is 4.79 Å². The van der Waals surface area contributed by atoms with E-state index in [2.05, 4.69) is 14.8 Å². The van der Waals surface area contributed by atoms with Gasteiger partial charge in [0, 0.05) is 7.11 Å². The molecule has 1 atom stereocenters. The lowest BCUT2D eigenvalue weighted by Crippen LogP contribution is -2.43. The van der Waals surface area contributed by atoms with E-state index in [-0.39, 0.29) is 17.9 Å². The van der Waals surface area contributed by atoms with Gasteiger partial charge in [-0.15, -0.1) is 0 Å². The summed E-state index contributed by atoms with van der Waals surface area (Å²) in [4.78, 5) is 23.1. The zero-order valence-electron chi connectivity index (χ0n) is 11.8. The zero-order chi connectivity index (χ0) is 16.7. The molecule has 0 aliphatic rings. The second kappa shape index (κ2) is 8.13. The molecule has 0 saturated heterocycles. The number of nitrogens with one attached hydrogen (secondary N) is 1. The summed E-state index contributed by atoms with van der Waals surface area (Å²) in [5, 5.41) is 11.1. The van der Waals surface area contributed by atoms with Gasteiger partial charge in [0.15, 0.2) is 17.5 Å². The third kappa shape index (κ3) is 4.55. The van der Waals surface area contributed by atoms with Crippen molar-refractivity contribution in [1.82, 2.24) is 5.32 Å². The Labute approximate surface area is 124 Å². The van der Waals surface area contributed by atoms with Crippen LogP contribution >= 0.6 is 0 Å². The maximum atomic E-state index is 12.5. The second-order valence-electron chi connectivity index (χ2n) is 4.04. The Hall–Kier alpha value is -2.42. The van der Waals surface area contributed by atoms with Crippen molar-refractivity contribution in [3.8, 4) is 11.5 Å². The smallest absolute Gasteiger partial charge is 0.387 e. The van der Waals surface area contributed by atoms with Gasteiger partial charge in [0.2, 0.25) is 0 Å². The van der Waals surface area contributed by atoms with E-state index in [0.717, 1.165) is 0 Å². The first kappa shape index (κ1) is 17.6. The van der Waals surface area contributed by atoms with Gasteiger partial charge in [0.05, 0.1) is 19.3 Å². The number of carbonyl (C=O) groups excluding carboxylic acids is 1. The highest BCUT2D eigenvalue weighted by atomic mass is 19.3. The number of hydrogen-bond donors (Lipinski definition) is 2. The lowest BCUT2D eigenvalue weighted by Gasteiger charge is -2.17. The molecule has 0 radical (unpaired) electrons. The first-order chi connectivity index (χ1) is 10.4. The van der Waals surface area contributed by atoms with Crippen molar-refractivity contribution in [3.05, 3.63) is 23.8 Å². The van der Waals surface area contributed by atoms with E-state index < -0.39 is 30.3 Å². The molecule has 122 valence electrons. The van der Waals surface area contributed by atoms with E-state index >= 15 is 0 Å². The topological polar surface area (TPSA) is 94.1 Å². The second-order valence-corrected chi connectivity index (χ2v) is 4.04. The highest BCUT2D eigenvalue weighted by Crippen LogP contribution is 2.32. The van der Waals surface area contributed by atoms with Crippen LogP contribution in [-0.2, 0) is 9.53 Å². The summed E-state index contributed by atoms with van der Waals surface area (Å²) in [5.41, 5.74) is -0.276. The van der Waals surface area contributed by atoms with E-state index in [9.17, 15) is 18.4 Å². The highest BCUT2D eigenvalue weighted by Gasteiger charge is 2.25. The van der Waals surface area contributed by atoms with Crippen LogP contribution in [0.15, 0.2) is 18.2 Å². The average molecular weight is 319 g/mol. The summed E-state index contributed by atoms with van der Waals surface area (Å²) in [6.45, 7) is -3.45. The van der Waals surface area contributed by atoms with Gasteiger partial charge >= 0.3 is 12.6 Å². The van der Waals surface area contributed by atoms with E-state index in [1.54, 1.807) is 0 Å². The Morgan fingerprint density at radius 2 is 2.00 bits per heavy atom. The minimum absolute atomic E-state index is 0.0773. The maximum absolute atomic E-state index is 12.5. The fraction of sp³-hybridized carbons (Fsp3) is 0.385. The average Bonchev–Trinajstić information content (AvgIpc) is 2.46. The molecule has 0 aliphatic carbocycles. The summed E-state index contributed by atoms with van der Waals surface area (Å²) in [6.07, 6.45) is 0. The van der Waals surface area contributed by atoms with Crippen LogP contribution in [0.25, 0.3) is 0 Å². The third-order valence-electron chi connectivity index (χ3n) is 2.59. The van der Waals surface area contributed by atoms with Crippen molar-refractivity contribution in [1.29, 1.82) is 0 Å². The molecule has 0 bridgehead atoms. The van der Waals surface area contributed by atoms with Crippen LogP contribution in [0, 0.1) is 0 Å². The first-order valence-corrected chi connectivity index (χ1v) is 6.05. The number of ether oxygens (including phenoxy) is 3. The van der Waals surface area contributed by atoms with Crippen LogP contribution < -0.4 is 14.8 Å². The van der Waals surface area contributed by atoms with E-state index in [1.807, 2.05) is 0 Å². The molecule has 0 heterocycles. The van der Waals surface area contributed by atoms with Crippen molar-refractivity contribution in [2.24, 2.45) is 0 Å². The molecule has 0 aromatic heterocycles. The van der Waals surface area contributed by atoms with Crippen LogP contribution in [0.4, 0.5) is 8.78 Å². The molecule has 0 fully saturated rings. The van der Waals surface area contributed by atoms with Gasteiger partial charge < -0.3 is 24.6 Å². The van der Waals surface area contributed by atoms with Gasteiger partial charge in [-0.05, 0) is 12.1 Å². The standard InChI is InChI=1S/C13H15F2NO6/c1-20-6-8(12(18)19)16-11(17)7-4-3-5-9(21-2)10(7)22-13(14)15/h3-5,8,13H,6H2,1-2H3,(H,16,17)(H,18,19). The minimum Gasteiger partial charge on any atom is -0.493 e. The molecular formula is C13H15F2NO6. The quantitative estimate of drug-likeness (QED) is 0.746. The number of hydrogen-bond acceptors (Lipinski definition) is 5. The molecule has 1 amide bonds. The molecule has 22 heavy (non-hydrogen) atoms. The molecule has 1 aromatic carbocycles. The van der Waals surface area contributed by atoms with Gasteiger partial charge in [0.25, 0.3) is 5.91 Å². The van der Waals surface area contributed by atoms with Crippen LogP contribution in [0.2, 0.25) is 0 Å². The molecular weight excluding hydrogens is 304 g/mol. The summed E-state index contributed by atoms with van der Waals surface area (Å²) < 4.78 is 38.8. The molecule has 0 aliphatic heterocycles. The summed E-state index contributed by atoms with van der Waals surface area (Å²) in [5.74, 6) is -2.78. The lowest BCUT2D eigenvalue weighted by molar-refractivity contribution is -0.140. The SMILES string of the molecule is COCC(NC(=O)c1cccc(OC)c1OC(F)F)C(=O)O. The number of alkyl halides is 2. The molecule has 1 unspecified atom stereocenters. The highest BCUT2D eigenvalue weighted by molar-refractivity contribution is 5.99. The molecule has 7 nitrogen and oxygen atoms in total. The largest absolute Gasteiger partial charge is 0.493 e. The molecule has 1 aromatic rings. The first-order valence-electron chi connectivity index (χ1n) is 6.05. The van der Waals surface area contributed by atoms with Crippen LogP contribution in [0.3, 0.4) is 0 Å². The van der Waals surface area contributed by atoms with Crippen LogP contribution in [0.5, 0.6) is 11.5 Å². The van der Waals surface area contributed by atoms with Gasteiger partial charge in [-0.25, -0.2) is 4.79 Å². The normalized spacial score (nSPS) is 11.9. The van der Waals surface area contributed by atoms with Crippen molar-refractivity contribution < 1.29 is 37.7 Å². The fourth-order valence-corrected chi connectivity index (χ4v) is 1.64. The Morgan fingerprint density at radius 3 is 2.50 bits per heavy atom. The predicted octanol–water partition coefficient (Wildman–Crippen LogP) is 1.13. The predicted molar refractivity (Wildman–Crippen MR) is 70.4 cm³/mol. The van der Waals surface area contributed by atoms with E-state index in [1.165, 1.54) is 32.4 Å². The van der Waals surface area contributed by atoms with Crippen molar-refractivity contribution in [2.75, 3.05) is 20.8 Å². The third-order valence-corrected chi connectivity index (χ3v) is 2.59. The number of benzene rings is 1. The van der Waals surface area contributed by atoms with E-state index in [4.69, 9.17) is 9.84 Å². The summed E-state index contributed by atoms with van der Waals surface area (Å²) in [7, 11) is 2.49. The zero-order valence-corrected chi connectivity index (χ0v) is 11.8. The maximum Gasteiger partial charge on any atom is 0.387 e. The Kier molecular flexibility index (Phi) is 6.51. The molecule has 1 rings (SSSR count). The Bertz CT molecular complexity index is 537. The lowest BCUT2D eigenvalue weighted by atomic mass is 10.1. The summed E-state index contributed by atoms with van der Waals surface area (Å²) in [6, 6.07) is 2.60. The number of methoxy groups -OCH3 is 2. The molecule has 0 saturated carbocycles. The van der Waals surface area contributed by atoms with Crippen molar-refractivity contribution >= 4 is 11.9 Å².